The number of benzene rings is 2. The zero-order valence-electron chi connectivity index (χ0n) is 11.3. The van der Waals surface area contributed by atoms with Gasteiger partial charge < -0.3 is 0 Å². The number of para-hydroxylation sites is 2. The van der Waals surface area contributed by atoms with Gasteiger partial charge in [0.05, 0.1) is 0 Å². The molecular weight excluding hydrogens is 246 g/mol. The summed E-state index contributed by atoms with van der Waals surface area (Å²) in [6, 6.07) is 19.7. The fourth-order valence-corrected chi connectivity index (χ4v) is 2.55. The monoisotopic (exact) mass is 263 g/mol. The number of anilines is 2. The number of carbonyl (C=O) groups excluding carboxylic acids is 1. The normalized spacial score (nSPS) is 13.9. The number of hydrogen-bond donors (Lipinski definition) is 0. The van der Waals surface area contributed by atoms with E-state index in [0.29, 0.717) is 0 Å². The standard InChI is InChI=1S/C18H17NO/c20-18(15-9-7-8-10-15)19(16-11-3-1-4-12-16)17-13-5-2-6-14-17/h1-6,9,11-14H,7-8,10H2. The molecule has 0 fully saturated rings. The molecule has 2 heteroatoms. The van der Waals surface area contributed by atoms with Crippen LogP contribution in [0.15, 0.2) is 72.3 Å². The minimum absolute atomic E-state index is 0.0971. The van der Waals surface area contributed by atoms with Crippen LogP contribution in [0.1, 0.15) is 19.3 Å². The number of amides is 1. The van der Waals surface area contributed by atoms with Crippen molar-refractivity contribution in [2.45, 2.75) is 19.3 Å². The smallest absolute Gasteiger partial charge is 0.258 e. The van der Waals surface area contributed by atoms with Gasteiger partial charge in [0, 0.05) is 16.9 Å². The molecule has 0 aromatic heterocycles. The molecule has 3 rings (SSSR count). The molecule has 2 nitrogen and oxygen atoms in total. The predicted octanol–water partition coefficient (Wildman–Crippen LogP) is 4.46. The van der Waals surface area contributed by atoms with Crippen molar-refractivity contribution >= 4 is 17.3 Å². The van der Waals surface area contributed by atoms with Crippen LogP contribution < -0.4 is 4.90 Å². The van der Waals surface area contributed by atoms with E-state index in [1.165, 1.54) is 0 Å². The quantitative estimate of drug-likeness (QED) is 0.800. The maximum Gasteiger partial charge on any atom is 0.258 e. The molecule has 0 bridgehead atoms. The molecule has 20 heavy (non-hydrogen) atoms. The number of hydrogen-bond acceptors (Lipinski definition) is 1. The van der Waals surface area contributed by atoms with E-state index in [4.69, 9.17) is 0 Å². The fourth-order valence-electron chi connectivity index (χ4n) is 2.55. The van der Waals surface area contributed by atoms with Gasteiger partial charge in [0.2, 0.25) is 0 Å². The van der Waals surface area contributed by atoms with Crippen molar-refractivity contribution in [3.8, 4) is 0 Å². The molecule has 0 unspecified atom stereocenters. The summed E-state index contributed by atoms with van der Waals surface area (Å²) in [5.74, 6) is 0.0971. The Morgan fingerprint density at radius 2 is 1.40 bits per heavy atom. The van der Waals surface area contributed by atoms with Crippen molar-refractivity contribution in [3.05, 3.63) is 72.3 Å². The average Bonchev–Trinajstić information content (AvgIpc) is 3.04. The van der Waals surface area contributed by atoms with Gasteiger partial charge in [0.15, 0.2) is 0 Å². The Kier molecular flexibility index (Phi) is 3.64. The van der Waals surface area contributed by atoms with Gasteiger partial charge in [-0.15, -0.1) is 0 Å². The van der Waals surface area contributed by atoms with E-state index in [9.17, 15) is 4.79 Å². The molecule has 1 amide bonds. The summed E-state index contributed by atoms with van der Waals surface area (Å²) in [5.41, 5.74) is 2.76. The largest absolute Gasteiger partial charge is 0.277 e. The van der Waals surface area contributed by atoms with Crippen LogP contribution in [0.5, 0.6) is 0 Å². The molecule has 2 aromatic rings. The lowest BCUT2D eigenvalue weighted by atomic mass is 10.1. The average molecular weight is 263 g/mol. The Bertz CT molecular complexity index is 577. The van der Waals surface area contributed by atoms with Gasteiger partial charge in [-0.25, -0.2) is 0 Å². The van der Waals surface area contributed by atoms with Crippen LogP contribution in [-0.2, 0) is 4.79 Å². The first kappa shape index (κ1) is 12.7. The summed E-state index contributed by atoms with van der Waals surface area (Å²) in [5, 5.41) is 0. The summed E-state index contributed by atoms with van der Waals surface area (Å²) in [6.45, 7) is 0. The molecule has 0 atom stereocenters. The van der Waals surface area contributed by atoms with Gasteiger partial charge >= 0.3 is 0 Å². The first-order chi connectivity index (χ1) is 9.86. The van der Waals surface area contributed by atoms with E-state index >= 15 is 0 Å². The number of nitrogens with zero attached hydrogens (tertiary/aromatic N) is 1. The van der Waals surface area contributed by atoms with Crippen LogP contribution in [0.25, 0.3) is 0 Å². The van der Waals surface area contributed by atoms with E-state index < -0.39 is 0 Å². The van der Waals surface area contributed by atoms with Gasteiger partial charge in [-0.2, -0.15) is 0 Å². The number of carbonyl (C=O) groups is 1. The highest BCUT2D eigenvalue weighted by Crippen LogP contribution is 2.29. The van der Waals surface area contributed by atoms with Gasteiger partial charge in [-0.1, -0.05) is 42.5 Å². The van der Waals surface area contributed by atoms with E-state index in [-0.39, 0.29) is 5.91 Å². The third-order valence-corrected chi connectivity index (χ3v) is 3.55. The SMILES string of the molecule is O=C(C1=CCCC1)N(c1ccccc1)c1ccccc1. The molecule has 0 aliphatic heterocycles. The number of allylic oxidation sites excluding steroid dienone is 1. The zero-order chi connectivity index (χ0) is 13.8. The van der Waals surface area contributed by atoms with Gasteiger partial charge in [0.25, 0.3) is 5.91 Å². The van der Waals surface area contributed by atoms with Crippen molar-refractivity contribution in [1.29, 1.82) is 0 Å². The fraction of sp³-hybridized carbons (Fsp3) is 0.167. The summed E-state index contributed by atoms with van der Waals surface area (Å²) >= 11 is 0. The van der Waals surface area contributed by atoms with Crippen molar-refractivity contribution < 1.29 is 4.79 Å². The molecule has 2 aromatic carbocycles. The van der Waals surface area contributed by atoms with E-state index in [0.717, 1.165) is 36.2 Å². The van der Waals surface area contributed by atoms with Crippen LogP contribution in [0.4, 0.5) is 11.4 Å². The van der Waals surface area contributed by atoms with Gasteiger partial charge in [0.1, 0.15) is 0 Å². The molecule has 0 saturated heterocycles. The molecule has 0 radical (unpaired) electrons. The second-order valence-electron chi connectivity index (χ2n) is 4.93. The Hall–Kier alpha value is -2.35. The molecule has 0 heterocycles. The second kappa shape index (κ2) is 5.74. The molecule has 0 spiro atoms. The summed E-state index contributed by atoms with van der Waals surface area (Å²) in [7, 11) is 0. The molecule has 1 aliphatic rings. The molecular formula is C18H17NO. The zero-order valence-corrected chi connectivity index (χ0v) is 11.3. The van der Waals surface area contributed by atoms with E-state index in [2.05, 4.69) is 6.08 Å². The number of rotatable bonds is 3. The highest BCUT2D eigenvalue weighted by atomic mass is 16.2. The van der Waals surface area contributed by atoms with Crippen LogP contribution in [0, 0.1) is 0 Å². The minimum atomic E-state index is 0.0971. The van der Waals surface area contributed by atoms with Crippen LogP contribution in [-0.4, -0.2) is 5.91 Å². The second-order valence-corrected chi connectivity index (χ2v) is 4.93. The van der Waals surface area contributed by atoms with Gasteiger partial charge in [-0.3, -0.25) is 9.69 Å². The highest BCUT2D eigenvalue weighted by molar-refractivity contribution is 6.10. The maximum atomic E-state index is 12.8. The van der Waals surface area contributed by atoms with E-state index in [1.54, 1.807) is 4.90 Å². The molecule has 1 aliphatic carbocycles. The summed E-state index contributed by atoms with van der Waals surface area (Å²) in [6.07, 6.45) is 5.05. The summed E-state index contributed by atoms with van der Waals surface area (Å²) in [4.78, 5) is 14.6. The Morgan fingerprint density at radius 3 is 1.85 bits per heavy atom. The molecule has 100 valence electrons. The van der Waals surface area contributed by atoms with Crippen molar-refractivity contribution in [3.63, 3.8) is 0 Å². The third kappa shape index (κ3) is 2.50. The summed E-state index contributed by atoms with van der Waals surface area (Å²) < 4.78 is 0. The van der Waals surface area contributed by atoms with Crippen molar-refractivity contribution in [2.24, 2.45) is 0 Å². The Balaban J connectivity index is 2.02. The van der Waals surface area contributed by atoms with E-state index in [1.807, 2.05) is 60.7 Å². The van der Waals surface area contributed by atoms with Crippen LogP contribution in [0.2, 0.25) is 0 Å². The van der Waals surface area contributed by atoms with Crippen LogP contribution in [0.3, 0.4) is 0 Å². The van der Waals surface area contributed by atoms with Crippen molar-refractivity contribution in [2.75, 3.05) is 4.90 Å². The third-order valence-electron chi connectivity index (χ3n) is 3.55. The lowest BCUT2D eigenvalue weighted by molar-refractivity contribution is -0.114. The Morgan fingerprint density at radius 1 is 0.850 bits per heavy atom. The first-order valence-corrected chi connectivity index (χ1v) is 7.00. The molecule has 0 N–H and O–H groups in total. The Labute approximate surface area is 119 Å². The first-order valence-electron chi connectivity index (χ1n) is 7.00. The van der Waals surface area contributed by atoms with Crippen LogP contribution >= 0.6 is 0 Å². The minimum Gasteiger partial charge on any atom is -0.277 e. The maximum absolute atomic E-state index is 12.8. The predicted molar refractivity (Wildman–Crippen MR) is 82.0 cm³/mol. The van der Waals surface area contributed by atoms with Crippen molar-refractivity contribution in [1.82, 2.24) is 0 Å². The highest BCUT2D eigenvalue weighted by Gasteiger charge is 2.22. The molecule has 0 saturated carbocycles. The lowest BCUT2D eigenvalue weighted by Crippen LogP contribution is -2.26. The van der Waals surface area contributed by atoms with Gasteiger partial charge in [-0.05, 0) is 43.5 Å². The topological polar surface area (TPSA) is 20.3 Å². The lowest BCUT2D eigenvalue weighted by Gasteiger charge is -2.23.